The number of aryl methyl sites for hydroxylation is 1. The Morgan fingerprint density at radius 1 is 1.13 bits per heavy atom. The average molecular weight is 330 g/mol. The predicted octanol–water partition coefficient (Wildman–Crippen LogP) is 2.01. The van der Waals surface area contributed by atoms with Gasteiger partial charge in [-0.25, -0.2) is 0 Å². The predicted molar refractivity (Wildman–Crippen MR) is 83.4 cm³/mol. The third-order valence-electron chi connectivity index (χ3n) is 3.58. The molecule has 0 radical (unpaired) electrons. The summed E-state index contributed by atoms with van der Waals surface area (Å²) in [5.41, 5.74) is 2.88. The van der Waals surface area contributed by atoms with Crippen LogP contribution >= 0.6 is 0 Å². The van der Waals surface area contributed by atoms with Gasteiger partial charge in [0.15, 0.2) is 0 Å². The molecule has 2 N–H and O–H groups in total. The molecule has 0 saturated heterocycles. The molecule has 3 rings (SSSR count). The van der Waals surface area contributed by atoms with E-state index in [4.69, 9.17) is 0 Å². The quantitative estimate of drug-likeness (QED) is 0.708. The number of nitrogens with one attached hydrogen (secondary N) is 1. The molecule has 0 unspecified atom stereocenters. The van der Waals surface area contributed by atoms with Gasteiger partial charge in [-0.1, -0.05) is 36.4 Å². The van der Waals surface area contributed by atoms with Crippen molar-refractivity contribution in [2.75, 3.05) is 0 Å². The minimum Gasteiger partial charge on any atom is -0.282 e. The standard InChI is InChI=1S/C15H14N4O3S/c1-10-7-8-13(23(20,21)22)14(15-16-18-19-17-15)12(10)9-11-5-3-2-4-6-11/h2-8H,9H2,1H3,(H,20,21,22)(H,16,17,18,19). The number of tetrazole rings is 1. The largest absolute Gasteiger partial charge is 0.295 e. The zero-order chi connectivity index (χ0) is 16.4. The molecule has 118 valence electrons. The van der Waals surface area contributed by atoms with Crippen molar-refractivity contribution in [3.8, 4) is 11.4 Å². The van der Waals surface area contributed by atoms with Crippen molar-refractivity contribution in [2.24, 2.45) is 0 Å². The maximum Gasteiger partial charge on any atom is 0.295 e. The molecule has 23 heavy (non-hydrogen) atoms. The lowest BCUT2D eigenvalue weighted by atomic mass is 9.95. The van der Waals surface area contributed by atoms with Gasteiger partial charge in [0, 0.05) is 5.56 Å². The molecule has 8 heteroatoms. The molecule has 0 saturated carbocycles. The van der Waals surface area contributed by atoms with Crippen LogP contribution in [0.3, 0.4) is 0 Å². The van der Waals surface area contributed by atoms with Crippen LogP contribution in [0.1, 0.15) is 16.7 Å². The van der Waals surface area contributed by atoms with Crippen LogP contribution in [-0.2, 0) is 16.5 Å². The summed E-state index contributed by atoms with van der Waals surface area (Å²) in [4.78, 5) is -0.226. The molecule has 1 aromatic heterocycles. The highest BCUT2D eigenvalue weighted by Crippen LogP contribution is 2.32. The fraction of sp³-hybridized carbons (Fsp3) is 0.133. The van der Waals surface area contributed by atoms with E-state index in [-0.39, 0.29) is 16.3 Å². The summed E-state index contributed by atoms with van der Waals surface area (Å²) in [5, 5.41) is 13.6. The van der Waals surface area contributed by atoms with Gasteiger partial charge in [-0.05, 0) is 41.3 Å². The van der Waals surface area contributed by atoms with Gasteiger partial charge >= 0.3 is 0 Å². The Morgan fingerprint density at radius 3 is 2.48 bits per heavy atom. The summed E-state index contributed by atoms with van der Waals surface area (Å²) in [6.45, 7) is 1.87. The van der Waals surface area contributed by atoms with Crippen molar-refractivity contribution in [3.63, 3.8) is 0 Å². The zero-order valence-electron chi connectivity index (χ0n) is 12.3. The second-order valence-electron chi connectivity index (χ2n) is 5.11. The van der Waals surface area contributed by atoms with Crippen LogP contribution in [0, 0.1) is 6.92 Å². The highest BCUT2D eigenvalue weighted by molar-refractivity contribution is 7.86. The fourth-order valence-corrected chi connectivity index (χ4v) is 3.20. The van der Waals surface area contributed by atoms with E-state index in [1.54, 1.807) is 6.07 Å². The van der Waals surface area contributed by atoms with E-state index in [1.807, 2.05) is 37.3 Å². The maximum absolute atomic E-state index is 11.7. The first-order chi connectivity index (χ1) is 11.0. The second-order valence-corrected chi connectivity index (χ2v) is 6.50. The number of H-pyrrole nitrogens is 1. The van der Waals surface area contributed by atoms with Crippen molar-refractivity contribution >= 4 is 10.1 Å². The van der Waals surface area contributed by atoms with Crippen LogP contribution in [0.25, 0.3) is 11.4 Å². The van der Waals surface area contributed by atoms with Crippen molar-refractivity contribution in [1.29, 1.82) is 0 Å². The van der Waals surface area contributed by atoms with Crippen LogP contribution in [0.5, 0.6) is 0 Å². The summed E-state index contributed by atoms with van der Waals surface area (Å²) >= 11 is 0. The van der Waals surface area contributed by atoms with Crippen LogP contribution in [0.15, 0.2) is 47.4 Å². The van der Waals surface area contributed by atoms with Gasteiger partial charge in [-0.15, -0.1) is 10.2 Å². The number of aromatic amines is 1. The minimum absolute atomic E-state index is 0.132. The Bertz CT molecular complexity index is 923. The van der Waals surface area contributed by atoms with Gasteiger partial charge in [-0.3, -0.25) is 4.55 Å². The van der Waals surface area contributed by atoms with E-state index in [1.165, 1.54) is 6.07 Å². The first kappa shape index (κ1) is 15.3. The molecule has 0 spiro atoms. The SMILES string of the molecule is Cc1ccc(S(=O)(=O)O)c(-c2nn[nH]n2)c1Cc1ccccc1. The Morgan fingerprint density at radius 2 is 1.87 bits per heavy atom. The lowest BCUT2D eigenvalue weighted by Gasteiger charge is -2.14. The lowest BCUT2D eigenvalue weighted by molar-refractivity contribution is 0.483. The number of aromatic nitrogens is 4. The lowest BCUT2D eigenvalue weighted by Crippen LogP contribution is -2.06. The normalized spacial score (nSPS) is 11.6. The molecule has 2 aromatic carbocycles. The molecule has 0 fully saturated rings. The number of nitrogens with zero attached hydrogens (tertiary/aromatic N) is 3. The van der Waals surface area contributed by atoms with E-state index in [9.17, 15) is 13.0 Å². The number of rotatable bonds is 4. The van der Waals surface area contributed by atoms with Gasteiger partial charge in [0.2, 0.25) is 5.82 Å². The van der Waals surface area contributed by atoms with Gasteiger partial charge in [-0.2, -0.15) is 13.6 Å². The first-order valence-corrected chi connectivity index (χ1v) is 8.28. The second kappa shape index (κ2) is 5.90. The molecule has 0 amide bonds. The maximum atomic E-state index is 11.7. The fourth-order valence-electron chi connectivity index (χ4n) is 2.49. The summed E-state index contributed by atoms with van der Waals surface area (Å²) in [6.07, 6.45) is 0.486. The first-order valence-electron chi connectivity index (χ1n) is 6.84. The van der Waals surface area contributed by atoms with Crippen LogP contribution in [0.4, 0.5) is 0 Å². The van der Waals surface area contributed by atoms with Crippen molar-refractivity contribution < 1.29 is 13.0 Å². The Kier molecular flexibility index (Phi) is 3.93. The molecule has 0 bridgehead atoms. The molecular weight excluding hydrogens is 316 g/mol. The Balaban J connectivity index is 2.25. The highest BCUT2D eigenvalue weighted by atomic mass is 32.2. The molecular formula is C15H14N4O3S. The Labute approximate surface area is 133 Å². The van der Waals surface area contributed by atoms with E-state index >= 15 is 0 Å². The number of hydrogen-bond donors (Lipinski definition) is 2. The van der Waals surface area contributed by atoms with Gasteiger partial charge in [0.05, 0.1) is 0 Å². The molecule has 0 aliphatic rings. The van der Waals surface area contributed by atoms with E-state index < -0.39 is 10.1 Å². The van der Waals surface area contributed by atoms with E-state index in [0.29, 0.717) is 6.42 Å². The van der Waals surface area contributed by atoms with Crippen LogP contribution in [-0.4, -0.2) is 33.6 Å². The minimum atomic E-state index is -4.41. The molecule has 3 aromatic rings. The van der Waals surface area contributed by atoms with Crippen LogP contribution in [0.2, 0.25) is 0 Å². The Hall–Kier alpha value is -2.58. The van der Waals surface area contributed by atoms with Crippen LogP contribution < -0.4 is 0 Å². The smallest absolute Gasteiger partial charge is 0.282 e. The highest BCUT2D eigenvalue weighted by Gasteiger charge is 2.24. The molecule has 1 heterocycles. The third kappa shape index (κ3) is 3.13. The molecule has 0 atom stereocenters. The number of benzene rings is 2. The van der Waals surface area contributed by atoms with E-state index in [2.05, 4.69) is 20.6 Å². The zero-order valence-corrected chi connectivity index (χ0v) is 13.1. The van der Waals surface area contributed by atoms with Crippen molar-refractivity contribution in [3.05, 3.63) is 59.2 Å². The van der Waals surface area contributed by atoms with Gasteiger partial charge in [0.25, 0.3) is 10.1 Å². The summed E-state index contributed by atoms with van der Waals surface area (Å²) in [5.74, 6) is 0.132. The number of hydrogen-bond acceptors (Lipinski definition) is 5. The monoisotopic (exact) mass is 330 g/mol. The van der Waals surface area contributed by atoms with Gasteiger partial charge in [0.1, 0.15) is 4.90 Å². The summed E-state index contributed by atoms with van der Waals surface area (Å²) < 4.78 is 33.0. The molecule has 7 nitrogen and oxygen atoms in total. The summed E-state index contributed by atoms with van der Waals surface area (Å²) in [6, 6.07) is 12.6. The molecule has 0 aliphatic carbocycles. The van der Waals surface area contributed by atoms with Crippen molar-refractivity contribution in [2.45, 2.75) is 18.2 Å². The summed E-state index contributed by atoms with van der Waals surface area (Å²) in [7, 11) is -4.41. The molecule has 0 aliphatic heterocycles. The van der Waals surface area contributed by atoms with Gasteiger partial charge < -0.3 is 0 Å². The van der Waals surface area contributed by atoms with E-state index in [0.717, 1.165) is 16.7 Å². The van der Waals surface area contributed by atoms with Crippen molar-refractivity contribution in [1.82, 2.24) is 20.6 Å². The third-order valence-corrected chi connectivity index (χ3v) is 4.48. The topological polar surface area (TPSA) is 109 Å². The average Bonchev–Trinajstić information content (AvgIpc) is 3.03.